The van der Waals surface area contributed by atoms with Crippen LogP contribution in [-0.2, 0) is 4.74 Å². The Hall–Kier alpha value is -1.18. The molecule has 6 nitrogen and oxygen atoms in total. The Morgan fingerprint density at radius 2 is 2.04 bits per heavy atom. The summed E-state index contributed by atoms with van der Waals surface area (Å²) in [6, 6.07) is 4.28. The van der Waals surface area contributed by atoms with E-state index in [1.54, 1.807) is 0 Å². The van der Waals surface area contributed by atoms with Crippen LogP contribution in [0.25, 0.3) is 0 Å². The van der Waals surface area contributed by atoms with Crippen molar-refractivity contribution in [3.63, 3.8) is 0 Å². The Kier molecular flexibility index (Phi) is 8.31. The molecule has 1 saturated heterocycles. The van der Waals surface area contributed by atoms with Crippen LogP contribution in [-0.4, -0.2) is 67.8 Å². The molecule has 148 valence electrons. The standard InChI is InChI=1S/C19H34N4O2S/c1-6-20-18(22-14-19(3,4)26-5)21-13-16(17-8-7-15(2)25-17)23-9-11-24-12-10-23/h7-8,16H,6,9-14H2,1-5H3,(H2,20,21,22). The number of furan rings is 1. The molecule has 1 fully saturated rings. The molecule has 0 saturated carbocycles. The number of rotatable bonds is 8. The van der Waals surface area contributed by atoms with E-state index in [0.29, 0.717) is 0 Å². The summed E-state index contributed by atoms with van der Waals surface area (Å²) in [6.45, 7) is 14.2. The Balaban J connectivity index is 2.06. The maximum atomic E-state index is 5.94. The summed E-state index contributed by atoms with van der Waals surface area (Å²) in [6.07, 6.45) is 2.13. The molecule has 7 heteroatoms. The van der Waals surface area contributed by atoms with Gasteiger partial charge in [0.2, 0.25) is 0 Å². The van der Waals surface area contributed by atoms with Crippen LogP contribution in [0.3, 0.4) is 0 Å². The van der Waals surface area contributed by atoms with Crippen molar-refractivity contribution in [1.29, 1.82) is 0 Å². The molecule has 2 rings (SSSR count). The molecule has 0 radical (unpaired) electrons. The summed E-state index contributed by atoms with van der Waals surface area (Å²) >= 11 is 1.83. The van der Waals surface area contributed by atoms with Gasteiger partial charge in [-0.1, -0.05) is 0 Å². The van der Waals surface area contributed by atoms with Gasteiger partial charge in [0, 0.05) is 30.9 Å². The van der Waals surface area contributed by atoms with Crippen molar-refractivity contribution in [3.8, 4) is 0 Å². The molecular formula is C19H34N4O2S. The predicted octanol–water partition coefficient (Wildman–Crippen LogP) is 2.66. The van der Waals surface area contributed by atoms with Crippen molar-refractivity contribution in [2.24, 2.45) is 4.99 Å². The van der Waals surface area contributed by atoms with E-state index in [1.807, 2.05) is 24.8 Å². The number of guanidine groups is 1. The molecule has 26 heavy (non-hydrogen) atoms. The SMILES string of the molecule is CCNC(=NCC(C)(C)SC)NCC(c1ccc(C)o1)N1CCOCC1. The summed E-state index contributed by atoms with van der Waals surface area (Å²) in [5.74, 6) is 2.80. The Labute approximate surface area is 162 Å². The number of nitrogens with one attached hydrogen (secondary N) is 2. The average Bonchev–Trinajstić information content (AvgIpc) is 3.07. The van der Waals surface area contributed by atoms with Crippen molar-refractivity contribution < 1.29 is 9.15 Å². The van der Waals surface area contributed by atoms with Gasteiger partial charge in [-0.3, -0.25) is 9.89 Å². The smallest absolute Gasteiger partial charge is 0.191 e. The zero-order valence-electron chi connectivity index (χ0n) is 16.8. The summed E-state index contributed by atoms with van der Waals surface area (Å²) in [4.78, 5) is 7.19. The highest BCUT2D eigenvalue weighted by Gasteiger charge is 2.25. The maximum Gasteiger partial charge on any atom is 0.191 e. The van der Waals surface area contributed by atoms with Crippen molar-refractivity contribution in [1.82, 2.24) is 15.5 Å². The van der Waals surface area contributed by atoms with Crippen molar-refractivity contribution in [3.05, 3.63) is 23.7 Å². The number of nitrogens with zero attached hydrogens (tertiary/aromatic N) is 2. The van der Waals surface area contributed by atoms with Crippen LogP contribution in [0.4, 0.5) is 0 Å². The molecule has 1 aliphatic heterocycles. The molecule has 1 aromatic heterocycles. The van der Waals surface area contributed by atoms with E-state index in [4.69, 9.17) is 14.1 Å². The zero-order chi connectivity index (χ0) is 19.0. The molecule has 1 aromatic rings. The monoisotopic (exact) mass is 382 g/mol. The van der Waals surface area contributed by atoms with E-state index < -0.39 is 0 Å². The van der Waals surface area contributed by atoms with E-state index >= 15 is 0 Å². The minimum Gasteiger partial charge on any atom is -0.465 e. The van der Waals surface area contributed by atoms with E-state index in [0.717, 1.165) is 63.4 Å². The quantitative estimate of drug-likeness (QED) is 0.532. The largest absolute Gasteiger partial charge is 0.465 e. The van der Waals surface area contributed by atoms with Gasteiger partial charge in [0.25, 0.3) is 0 Å². The second-order valence-electron chi connectivity index (χ2n) is 7.15. The minimum atomic E-state index is 0.129. The van der Waals surface area contributed by atoms with Crippen LogP contribution in [0.5, 0.6) is 0 Å². The summed E-state index contributed by atoms with van der Waals surface area (Å²) in [5.41, 5.74) is 0. The first-order valence-corrected chi connectivity index (χ1v) is 10.6. The third-order valence-corrected chi connectivity index (χ3v) is 5.79. The molecule has 0 aromatic carbocycles. The number of thioether (sulfide) groups is 1. The summed E-state index contributed by atoms with van der Waals surface area (Å²) in [7, 11) is 0. The van der Waals surface area contributed by atoms with Crippen LogP contribution in [0.15, 0.2) is 21.5 Å². The molecule has 1 aliphatic rings. The number of aliphatic imine (C=N–C) groups is 1. The molecular weight excluding hydrogens is 348 g/mol. The van der Waals surface area contributed by atoms with Crippen molar-refractivity contribution in [2.45, 2.75) is 38.5 Å². The fraction of sp³-hybridized carbons (Fsp3) is 0.737. The van der Waals surface area contributed by atoms with E-state index in [9.17, 15) is 0 Å². The third-order valence-electron chi connectivity index (χ3n) is 4.55. The zero-order valence-corrected chi connectivity index (χ0v) is 17.6. The lowest BCUT2D eigenvalue weighted by molar-refractivity contribution is 0.0124. The summed E-state index contributed by atoms with van der Waals surface area (Å²) < 4.78 is 11.6. The van der Waals surface area contributed by atoms with Gasteiger partial charge in [0.15, 0.2) is 5.96 Å². The number of hydrogen-bond acceptors (Lipinski definition) is 5. The van der Waals surface area contributed by atoms with E-state index in [2.05, 4.69) is 48.6 Å². The second-order valence-corrected chi connectivity index (χ2v) is 8.67. The van der Waals surface area contributed by atoms with Crippen LogP contribution >= 0.6 is 11.8 Å². The topological polar surface area (TPSA) is 62.0 Å². The van der Waals surface area contributed by atoms with Gasteiger partial charge in [0.1, 0.15) is 11.5 Å². The molecule has 2 N–H and O–H groups in total. The molecule has 0 aliphatic carbocycles. The molecule has 0 bridgehead atoms. The first-order valence-electron chi connectivity index (χ1n) is 9.40. The predicted molar refractivity (Wildman–Crippen MR) is 110 cm³/mol. The van der Waals surface area contributed by atoms with Crippen LogP contribution in [0.2, 0.25) is 0 Å². The van der Waals surface area contributed by atoms with Gasteiger partial charge in [0.05, 0.1) is 25.8 Å². The first-order chi connectivity index (χ1) is 12.4. The van der Waals surface area contributed by atoms with Gasteiger partial charge in [-0.25, -0.2) is 0 Å². The molecule has 1 unspecified atom stereocenters. The fourth-order valence-corrected chi connectivity index (χ4v) is 2.99. The first kappa shape index (κ1) is 21.1. The molecule has 0 amide bonds. The number of ether oxygens (including phenoxy) is 1. The number of aryl methyl sites for hydroxylation is 1. The fourth-order valence-electron chi connectivity index (χ4n) is 2.80. The lowest BCUT2D eigenvalue weighted by Crippen LogP contribution is -2.46. The van der Waals surface area contributed by atoms with Gasteiger partial charge >= 0.3 is 0 Å². The summed E-state index contributed by atoms with van der Waals surface area (Å²) in [5, 5.41) is 6.86. The van der Waals surface area contributed by atoms with Crippen molar-refractivity contribution >= 4 is 17.7 Å². The highest BCUT2D eigenvalue weighted by Crippen LogP contribution is 2.23. The lowest BCUT2D eigenvalue weighted by atomic mass is 10.1. The highest BCUT2D eigenvalue weighted by atomic mass is 32.2. The third kappa shape index (κ3) is 6.52. The Morgan fingerprint density at radius 3 is 2.62 bits per heavy atom. The van der Waals surface area contributed by atoms with Crippen LogP contribution in [0, 0.1) is 6.92 Å². The Bertz CT molecular complexity index is 568. The minimum absolute atomic E-state index is 0.129. The van der Waals surface area contributed by atoms with Gasteiger partial charge in [-0.15, -0.1) is 0 Å². The van der Waals surface area contributed by atoms with Gasteiger partial charge in [-0.05, 0) is 46.1 Å². The Morgan fingerprint density at radius 1 is 1.31 bits per heavy atom. The van der Waals surface area contributed by atoms with Crippen molar-refractivity contribution in [2.75, 3.05) is 52.2 Å². The normalized spacial score (nSPS) is 18.0. The van der Waals surface area contributed by atoms with E-state index in [-0.39, 0.29) is 10.8 Å². The van der Waals surface area contributed by atoms with E-state index in [1.165, 1.54) is 0 Å². The highest BCUT2D eigenvalue weighted by molar-refractivity contribution is 7.99. The van der Waals surface area contributed by atoms with Crippen LogP contribution < -0.4 is 10.6 Å². The van der Waals surface area contributed by atoms with Gasteiger partial charge in [-0.2, -0.15) is 11.8 Å². The number of hydrogen-bond donors (Lipinski definition) is 2. The number of morpholine rings is 1. The van der Waals surface area contributed by atoms with Gasteiger partial charge < -0.3 is 19.8 Å². The molecule has 2 heterocycles. The average molecular weight is 383 g/mol. The van der Waals surface area contributed by atoms with Crippen LogP contribution in [0.1, 0.15) is 38.3 Å². The lowest BCUT2D eigenvalue weighted by Gasteiger charge is -2.33. The second kappa shape index (κ2) is 10.2. The molecule has 1 atom stereocenters. The maximum absolute atomic E-state index is 5.94. The molecule has 0 spiro atoms.